The van der Waals surface area contributed by atoms with Gasteiger partial charge in [0.2, 0.25) is 0 Å². The maximum Gasteiger partial charge on any atom is 0.256 e. The van der Waals surface area contributed by atoms with Crippen LogP contribution in [-0.2, 0) is 0 Å². The van der Waals surface area contributed by atoms with E-state index in [1.165, 1.54) is 0 Å². The van der Waals surface area contributed by atoms with Gasteiger partial charge in [0.25, 0.3) is 5.91 Å². The highest BCUT2D eigenvalue weighted by molar-refractivity contribution is 9.10. The van der Waals surface area contributed by atoms with Crippen LogP contribution in [0.4, 0.5) is 5.69 Å². The molecule has 0 unspecified atom stereocenters. The summed E-state index contributed by atoms with van der Waals surface area (Å²) in [6.07, 6.45) is 1.57. The summed E-state index contributed by atoms with van der Waals surface area (Å²) >= 11 is 12.5. The van der Waals surface area contributed by atoms with Crippen molar-refractivity contribution in [2.24, 2.45) is 0 Å². The molecule has 1 aromatic carbocycles. The Kier molecular flexibility index (Phi) is 4.37. The topological polar surface area (TPSA) is 42.0 Å². The molecule has 0 atom stereocenters. The lowest BCUT2D eigenvalue weighted by atomic mass is 10.2. The van der Waals surface area contributed by atoms with Crippen LogP contribution in [0.2, 0.25) is 5.15 Å². The van der Waals surface area contributed by atoms with Crippen LogP contribution in [0, 0.1) is 0 Å². The van der Waals surface area contributed by atoms with Gasteiger partial charge in [0.05, 0.1) is 11.3 Å². The number of anilines is 1. The molecular weight excluding hydrogens is 383 g/mol. The fourth-order valence-electron chi connectivity index (χ4n) is 1.35. The third-order valence-electron chi connectivity index (χ3n) is 2.17. The monoisotopic (exact) mass is 388 g/mol. The largest absolute Gasteiger partial charge is 0.319 e. The third-order valence-corrected chi connectivity index (χ3v) is 3.60. The van der Waals surface area contributed by atoms with E-state index < -0.39 is 0 Å². The van der Waals surface area contributed by atoms with E-state index in [1.54, 1.807) is 30.5 Å². The van der Waals surface area contributed by atoms with Crippen LogP contribution in [0.1, 0.15) is 10.4 Å². The Balaban J connectivity index is 2.27. The molecule has 0 aliphatic heterocycles. The number of nitrogens with one attached hydrogen (secondary N) is 1. The van der Waals surface area contributed by atoms with Gasteiger partial charge in [-0.2, -0.15) is 0 Å². The lowest BCUT2D eigenvalue weighted by molar-refractivity contribution is 0.102. The molecule has 0 saturated carbocycles. The van der Waals surface area contributed by atoms with Crippen LogP contribution < -0.4 is 5.32 Å². The summed E-state index contributed by atoms with van der Waals surface area (Å²) in [7, 11) is 0. The number of hydrogen-bond donors (Lipinski definition) is 1. The molecule has 92 valence electrons. The zero-order valence-corrected chi connectivity index (χ0v) is 12.9. The van der Waals surface area contributed by atoms with Crippen molar-refractivity contribution < 1.29 is 4.79 Å². The van der Waals surface area contributed by atoms with Crippen molar-refractivity contribution >= 4 is 55.1 Å². The first-order valence-corrected chi connectivity index (χ1v) is 6.91. The number of pyridine rings is 1. The Hall–Kier alpha value is -0.910. The quantitative estimate of drug-likeness (QED) is 0.767. The fourth-order valence-corrected chi connectivity index (χ4v) is 2.29. The number of rotatable bonds is 2. The number of amides is 1. The second kappa shape index (κ2) is 5.82. The molecule has 0 radical (unpaired) electrons. The van der Waals surface area contributed by atoms with E-state index in [4.69, 9.17) is 11.6 Å². The molecule has 0 saturated heterocycles. The highest BCUT2D eigenvalue weighted by Crippen LogP contribution is 2.24. The number of carbonyl (C=O) groups excluding carboxylic acids is 1. The van der Waals surface area contributed by atoms with Crippen molar-refractivity contribution in [3.8, 4) is 0 Å². The molecule has 6 heteroatoms. The minimum atomic E-state index is -0.246. The van der Waals surface area contributed by atoms with Gasteiger partial charge in [-0.25, -0.2) is 4.98 Å². The molecule has 2 aromatic rings. The molecule has 18 heavy (non-hydrogen) atoms. The molecule has 0 bridgehead atoms. The summed E-state index contributed by atoms with van der Waals surface area (Å²) in [5, 5.41) is 2.96. The summed E-state index contributed by atoms with van der Waals surface area (Å²) in [5.74, 6) is -0.246. The van der Waals surface area contributed by atoms with E-state index >= 15 is 0 Å². The van der Waals surface area contributed by atoms with Crippen LogP contribution in [0.5, 0.6) is 0 Å². The molecular formula is C12H7Br2ClN2O. The van der Waals surface area contributed by atoms with E-state index in [9.17, 15) is 4.79 Å². The van der Waals surface area contributed by atoms with Crippen molar-refractivity contribution in [1.29, 1.82) is 0 Å². The molecule has 0 aliphatic carbocycles. The summed E-state index contributed by atoms with van der Waals surface area (Å²) in [4.78, 5) is 16.0. The van der Waals surface area contributed by atoms with Gasteiger partial charge in [-0.3, -0.25) is 4.79 Å². The van der Waals surface area contributed by atoms with Gasteiger partial charge in [-0.15, -0.1) is 0 Å². The number of halogens is 3. The third kappa shape index (κ3) is 3.10. The Morgan fingerprint density at radius 3 is 2.72 bits per heavy atom. The predicted molar refractivity (Wildman–Crippen MR) is 79.0 cm³/mol. The molecule has 3 nitrogen and oxygen atoms in total. The number of carbonyl (C=O) groups is 1. The molecule has 1 aromatic heterocycles. The minimum absolute atomic E-state index is 0.246. The van der Waals surface area contributed by atoms with Crippen LogP contribution in [-0.4, -0.2) is 10.9 Å². The van der Waals surface area contributed by atoms with Gasteiger partial charge in [-0.05, 0) is 50.1 Å². The minimum Gasteiger partial charge on any atom is -0.319 e. The van der Waals surface area contributed by atoms with Gasteiger partial charge in [0.1, 0.15) is 0 Å². The van der Waals surface area contributed by atoms with Gasteiger partial charge in [0, 0.05) is 15.1 Å². The van der Waals surface area contributed by atoms with E-state index in [1.807, 2.05) is 6.07 Å². The van der Waals surface area contributed by atoms with Crippen molar-refractivity contribution in [1.82, 2.24) is 4.98 Å². The van der Waals surface area contributed by atoms with Crippen LogP contribution in [0.25, 0.3) is 0 Å². The molecule has 2 rings (SSSR count). The van der Waals surface area contributed by atoms with E-state index in [2.05, 4.69) is 42.2 Å². The van der Waals surface area contributed by atoms with Gasteiger partial charge < -0.3 is 5.32 Å². The maximum atomic E-state index is 12.1. The molecule has 1 amide bonds. The lowest BCUT2D eigenvalue weighted by Crippen LogP contribution is -2.13. The number of nitrogens with zero attached hydrogens (tertiary/aromatic N) is 1. The molecule has 0 spiro atoms. The summed E-state index contributed by atoms with van der Waals surface area (Å²) in [6.45, 7) is 0. The molecule has 1 N–H and O–H groups in total. The van der Waals surface area contributed by atoms with Crippen molar-refractivity contribution in [2.45, 2.75) is 0 Å². The SMILES string of the molecule is O=C(Nc1cc(Br)cnc1Cl)c1ccccc1Br. The van der Waals surface area contributed by atoms with E-state index in [-0.39, 0.29) is 11.1 Å². The molecule has 0 aliphatic rings. The zero-order chi connectivity index (χ0) is 13.1. The van der Waals surface area contributed by atoms with Gasteiger partial charge in [0.15, 0.2) is 5.15 Å². The first-order valence-electron chi connectivity index (χ1n) is 4.95. The fraction of sp³-hybridized carbons (Fsp3) is 0. The number of aromatic nitrogens is 1. The summed E-state index contributed by atoms with van der Waals surface area (Å²) in [6, 6.07) is 8.85. The van der Waals surface area contributed by atoms with E-state index in [0.717, 1.165) is 8.95 Å². The number of benzene rings is 1. The first-order chi connectivity index (χ1) is 8.58. The van der Waals surface area contributed by atoms with Crippen molar-refractivity contribution in [2.75, 3.05) is 5.32 Å². The predicted octanol–water partition coefficient (Wildman–Crippen LogP) is 4.51. The molecule has 0 fully saturated rings. The first kappa shape index (κ1) is 13.5. The van der Waals surface area contributed by atoms with Crippen LogP contribution >= 0.6 is 43.5 Å². The number of hydrogen-bond acceptors (Lipinski definition) is 2. The average molecular weight is 390 g/mol. The Labute approximate surface area is 126 Å². The smallest absolute Gasteiger partial charge is 0.256 e. The Morgan fingerprint density at radius 2 is 2.00 bits per heavy atom. The van der Waals surface area contributed by atoms with E-state index in [0.29, 0.717) is 11.3 Å². The van der Waals surface area contributed by atoms with Crippen molar-refractivity contribution in [3.05, 3.63) is 56.2 Å². The standard InChI is InChI=1S/C12H7Br2ClN2O/c13-7-5-10(11(15)16-6-7)17-12(18)8-3-1-2-4-9(8)14/h1-6H,(H,17,18). The van der Waals surface area contributed by atoms with Gasteiger partial charge >= 0.3 is 0 Å². The normalized spacial score (nSPS) is 10.2. The zero-order valence-electron chi connectivity index (χ0n) is 8.95. The average Bonchev–Trinajstić information content (AvgIpc) is 2.34. The Bertz CT molecular complexity index is 604. The highest BCUT2D eigenvalue weighted by atomic mass is 79.9. The molecule has 1 heterocycles. The highest BCUT2D eigenvalue weighted by Gasteiger charge is 2.12. The van der Waals surface area contributed by atoms with Crippen molar-refractivity contribution in [3.63, 3.8) is 0 Å². The summed E-state index contributed by atoms with van der Waals surface area (Å²) in [5.41, 5.74) is 1.00. The lowest BCUT2D eigenvalue weighted by Gasteiger charge is -2.08. The van der Waals surface area contributed by atoms with Gasteiger partial charge in [-0.1, -0.05) is 23.7 Å². The Morgan fingerprint density at radius 1 is 1.28 bits per heavy atom. The maximum absolute atomic E-state index is 12.1. The van der Waals surface area contributed by atoms with Crippen LogP contribution in [0.15, 0.2) is 45.5 Å². The second-order valence-corrected chi connectivity index (χ2v) is 5.55. The second-order valence-electron chi connectivity index (χ2n) is 3.43. The van der Waals surface area contributed by atoms with Crippen LogP contribution in [0.3, 0.4) is 0 Å². The summed E-state index contributed by atoms with van der Waals surface area (Å²) < 4.78 is 1.47.